The van der Waals surface area contributed by atoms with Crippen LogP contribution in [0, 0.1) is 39.0 Å². The first-order valence-electron chi connectivity index (χ1n) is 24.0. The molecule has 9 rings (SSSR count). The van der Waals surface area contributed by atoms with Crippen molar-refractivity contribution in [3.63, 3.8) is 0 Å². The van der Waals surface area contributed by atoms with E-state index in [1.165, 1.54) is 17.6 Å². The van der Waals surface area contributed by atoms with E-state index in [-0.39, 0.29) is 48.2 Å². The second-order valence-corrected chi connectivity index (χ2v) is 22.0. The fraction of sp³-hybridized carbons (Fsp3) is 0.407. The highest BCUT2D eigenvalue weighted by molar-refractivity contribution is 7.15. The molecule has 364 valence electrons. The smallest absolute Gasteiger partial charge is 0.308 e. The third-order valence-electron chi connectivity index (χ3n) is 13.9. The number of aliphatic imine (C=N–C) groups is 1. The number of carbonyl (C=O) groups excluding carboxylic acids is 4. The molecule has 0 bridgehead atoms. The maximum atomic E-state index is 14.3. The molecule has 1 saturated carbocycles. The van der Waals surface area contributed by atoms with Crippen molar-refractivity contribution in [2.24, 2.45) is 16.3 Å². The van der Waals surface area contributed by atoms with Gasteiger partial charge in [-0.15, -0.1) is 32.9 Å². The average Bonchev–Trinajstić information content (AvgIpc) is 4.13. The number of ether oxygens (including phenoxy) is 2. The fourth-order valence-corrected chi connectivity index (χ4v) is 11.8. The summed E-state index contributed by atoms with van der Waals surface area (Å²) >= 11 is 3.37. The summed E-state index contributed by atoms with van der Waals surface area (Å²) in [7, 11) is 1.37. The van der Waals surface area contributed by atoms with Crippen LogP contribution < -0.4 is 15.4 Å². The van der Waals surface area contributed by atoms with Crippen LogP contribution in [-0.4, -0.2) is 85.9 Å². The number of nitrogens with one attached hydrogen (secondary N) is 2. The molecular weight excluding hydrogens is 921 g/mol. The highest BCUT2D eigenvalue weighted by Crippen LogP contribution is 2.40. The number of fused-ring (bicyclic) bond motifs is 3. The Hall–Kier alpha value is -6.52. The van der Waals surface area contributed by atoms with Gasteiger partial charge in [-0.2, -0.15) is 0 Å². The molecule has 4 atom stereocenters. The highest BCUT2D eigenvalue weighted by atomic mass is 32.1. The molecule has 0 spiro atoms. The lowest BCUT2D eigenvalue weighted by Crippen LogP contribution is -2.59. The molecule has 2 fully saturated rings. The van der Waals surface area contributed by atoms with E-state index in [2.05, 4.69) is 70.2 Å². The van der Waals surface area contributed by atoms with Crippen LogP contribution in [0.2, 0.25) is 0 Å². The van der Waals surface area contributed by atoms with E-state index in [1.807, 2.05) is 87.7 Å². The Balaban J connectivity index is 0.799. The van der Waals surface area contributed by atoms with Gasteiger partial charge in [0.05, 0.1) is 25.3 Å². The summed E-state index contributed by atoms with van der Waals surface area (Å²) in [6, 6.07) is 20.1. The molecule has 16 heteroatoms. The maximum absolute atomic E-state index is 14.3. The molecule has 3 aliphatic rings. The van der Waals surface area contributed by atoms with Crippen LogP contribution in [0.15, 0.2) is 83.3 Å². The Morgan fingerprint density at radius 3 is 2.21 bits per heavy atom. The summed E-state index contributed by atoms with van der Waals surface area (Å²) in [5, 5.41) is 18.1. The minimum absolute atomic E-state index is 0.0341. The van der Waals surface area contributed by atoms with Gasteiger partial charge in [-0.05, 0) is 111 Å². The van der Waals surface area contributed by atoms with E-state index in [0.29, 0.717) is 43.9 Å². The molecule has 4 aromatic heterocycles. The molecule has 1 unspecified atom stereocenters. The summed E-state index contributed by atoms with van der Waals surface area (Å²) in [4.78, 5) is 68.1. The number of benzene rings is 2. The SMILES string of the molecule is COC(=O)C[C@@H]1N=C(c2ccc(-c3ccc(O[C@H]4C[C@@H](C(=O)NC(C(=O)N5CCC[C@H]5C(=O)N[C@@H](C)c5ccc(-c6sccc6C)cc5)C(C)(C)C)C4)nc3)cc2)c2c(sc(C)c2C)-n2c(C)nnc21. The van der Waals surface area contributed by atoms with Crippen molar-refractivity contribution in [2.45, 2.75) is 118 Å². The van der Waals surface area contributed by atoms with Crippen molar-refractivity contribution < 1.29 is 28.7 Å². The number of thiophene rings is 2. The summed E-state index contributed by atoms with van der Waals surface area (Å²) in [6.45, 7) is 16.4. The standard InChI is InChI=1S/C54H60N8O6S2/c1-29-22-24-69-47(29)37-18-12-34(13-19-37)31(3)56-51(65)42-11-10-23-61(42)52(66)48(54(6,7)8)58-50(64)39-25-40(26-39)68-43-21-20-38(28-55-43)35-14-16-36(17-15-35)46-45-30(2)32(4)70-53(45)62-33(5)59-60-49(62)41(57-46)27-44(63)67-9/h12-22,24,28,31,39-42,48H,10-11,23,25-27H2,1-9H3,(H,56,65)(H,58,64)/t31-,39-,40+,41-,42-,48?/m0/s1. The maximum Gasteiger partial charge on any atom is 0.308 e. The van der Waals surface area contributed by atoms with Crippen LogP contribution in [-0.2, 0) is 23.9 Å². The van der Waals surface area contributed by atoms with E-state index in [9.17, 15) is 19.2 Å². The number of carbonyl (C=O) groups is 4. The number of pyridine rings is 1. The number of methoxy groups -OCH3 is 1. The molecule has 2 N–H and O–H groups in total. The lowest BCUT2D eigenvalue weighted by molar-refractivity contribution is -0.145. The monoisotopic (exact) mass is 980 g/mol. The van der Waals surface area contributed by atoms with Crippen LogP contribution in [0.4, 0.5) is 0 Å². The minimum atomic E-state index is -0.806. The lowest BCUT2D eigenvalue weighted by Gasteiger charge is -2.39. The summed E-state index contributed by atoms with van der Waals surface area (Å²) in [5.41, 5.74) is 8.44. The molecule has 2 aromatic carbocycles. The first-order chi connectivity index (χ1) is 33.5. The third-order valence-corrected chi connectivity index (χ3v) is 16.2. The molecule has 70 heavy (non-hydrogen) atoms. The molecule has 1 aliphatic carbocycles. The van der Waals surface area contributed by atoms with E-state index >= 15 is 0 Å². The van der Waals surface area contributed by atoms with Gasteiger partial charge < -0.3 is 25.0 Å². The van der Waals surface area contributed by atoms with E-state index in [1.54, 1.807) is 33.8 Å². The molecule has 14 nitrogen and oxygen atoms in total. The molecular formula is C54H60N8O6S2. The quantitative estimate of drug-likeness (QED) is 0.107. The summed E-state index contributed by atoms with van der Waals surface area (Å²) in [6.07, 6.45) is 3.88. The number of aryl methyl sites for hydroxylation is 3. The normalized spacial score (nSPS) is 19.4. The first-order valence-corrected chi connectivity index (χ1v) is 25.6. The van der Waals surface area contributed by atoms with Crippen molar-refractivity contribution in [3.05, 3.63) is 123 Å². The van der Waals surface area contributed by atoms with Crippen LogP contribution in [0.3, 0.4) is 0 Å². The summed E-state index contributed by atoms with van der Waals surface area (Å²) < 4.78 is 13.3. The largest absolute Gasteiger partial charge is 0.474 e. The fourth-order valence-electron chi connectivity index (χ4n) is 9.62. The number of rotatable bonds is 13. The van der Waals surface area contributed by atoms with Crippen molar-refractivity contribution in [2.75, 3.05) is 13.7 Å². The Bertz CT molecular complexity index is 2960. The summed E-state index contributed by atoms with van der Waals surface area (Å²) in [5.74, 6) is 0.488. The topological polar surface area (TPSA) is 170 Å². The van der Waals surface area contributed by atoms with Gasteiger partial charge in [0.2, 0.25) is 23.6 Å². The van der Waals surface area contributed by atoms with Gasteiger partial charge in [-0.1, -0.05) is 69.3 Å². The van der Waals surface area contributed by atoms with Gasteiger partial charge in [-0.25, -0.2) is 4.98 Å². The van der Waals surface area contributed by atoms with Crippen molar-refractivity contribution in [1.82, 2.24) is 35.3 Å². The zero-order chi connectivity index (χ0) is 49.6. The average molecular weight is 981 g/mol. The van der Waals surface area contributed by atoms with E-state index in [0.717, 1.165) is 60.4 Å². The van der Waals surface area contributed by atoms with E-state index in [4.69, 9.17) is 14.5 Å². The number of hydrogen-bond donors (Lipinski definition) is 2. The molecule has 2 aliphatic heterocycles. The third kappa shape index (κ3) is 9.67. The van der Waals surface area contributed by atoms with Crippen LogP contribution in [0.5, 0.6) is 5.88 Å². The van der Waals surface area contributed by atoms with Crippen molar-refractivity contribution >= 4 is 52.1 Å². The van der Waals surface area contributed by atoms with Crippen molar-refractivity contribution in [1.29, 1.82) is 0 Å². The van der Waals surface area contributed by atoms with Gasteiger partial charge in [-0.3, -0.25) is 28.7 Å². The molecule has 1 saturated heterocycles. The predicted molar refractivity (Wildman–Crippen MR) is 272 cm³/mol. The predicted octanol–water partition coefficient (Wildman–Crippen LogP) is 9.36. The lowest BCUT2D eigenvalue weighted by atomic mass is 9.80. The van der Waals surface area contributed by atoms with E-state index < -0.39 is 23.5 Å². The number of hydrogen-bond acceptors (Lipinski definition) is 12. The van der Waals surface area contributed by atoms with Gasteiger partial charge >= 0.3 is 5.97 Å². The molecule has 6 aromatic rings. The van der Waals surface area contributed by atoms with Crippen LogP contribution >= 0.6 is 22.7 Å². The van der Waals surface area contributed by atoms with Gasteiger partial charge in [0.25, 0.3) is 0 Å². The van der Waals surface area contributed by atoms with Crippen LogP contribution in [0.25, 0.3) is 26.6 Å². The number of amides is 3. The molecule has 6 heterocycles. The van der Waals surface area contributed by atoms with Gasteiger partial charge in [0.15, 0.2) is 5.82 Å². The minimum Gasteiger partial charge on any atom is -0.474 e. The molecule has 3 amide bonds. The molecule has 0 radical (unpaired) electrons. The Labute approximate surface area is 417 Å². The van der Waals surface area contributed by atoms with Crippen molar-refractivity contribution in [3.8, 4) is 32.4 Å². The number of likely N-dealkylation sites (tertiary alicyclic amines) is 1. The first kappa shape index (κ1) is 48.5. The van der Waals surface area contributed by atoms with Gasteiger partial charge in [0, 0.05) is 51.2 Å². The Kier molecular flexibility index (Phi) is 13.7. The second-order valence-electron chi connectivity index (χ2n) is 19.8. The second kappa shape index (κ2) is 19.7. The zero-order valence-corrected chi connectivity index (χ0v) is 42.8. The van der Waals surface area contributed by atoms with Crippen LogP contribution in [0.1, 0.15) is 116 Å². The zero-order valence-electron chi connectivity index (χ0n) is 41.2. The highest BCUT2D eigenvalue weighted by Gasteiger charge is 2.45. The number of aromatic nitrogens is 4. The Morgan fingerprint density at radius 1 is 0.857 bits per heavy atom. The van der Waals surface area contributed by atoms with Gasteiger partial charge in [0.1, 0.15) is 35.1 Å². The number of nitrogens with zero attached hydrogens (tertiary/aromatic N) is 6. The number of esters is 1. The Morgan fingerprint density at radius 2 is 1.56 bits per heavy atom.